The Bertz CT molecular complexity index is 401. The number of hydrogen-bond donors (Lipinski definition) is 4. The summed E-state index contributed by atoms with van der Waals surface area (Å²) in [6, 6.07) is 0. The van der Waals surface area contributed by atoms with Crippen LogP contribution >= 0.6 is 15.6 Å². The van der Waals surface area contributed by atoms with Crippen molar-refractivity contribution >= 4 is 27.6 Å². The van der Waals surface area contributed by atoms with E-state index in [1.807, 2.05) is 0 Å². The number of rotatable bonds is 0. The van der Waals surface area contributed by atoms with Crippen LogP contribution < -0.4 is 0 Å². The van der Waals surface area contributed by atoms with Crippen LogP contribution in [0.2, 0.25) is 0 Å². The summed E-state index contributed by atoms with van der Waals surface area (Å²) in [5.74, 6) is -3.80. The van der Waals surface area contributed by atoms with Crippen LogP contribution in [0.5, 0.6) is 0 Å². The van der Waals surface area contributed by atoms with Gasteiger partial charge in [-0.2, -0.15) is 4.31 Å². The third kappa shape index (κ3) is 3.58. The van der Waals surface area contributed by atoms with Crippen LogP contribution in [-0.4, -0.2) is 44.1 Å². The molecule has 0 bridgehead atoms. The van der Waals surface area contributed by atoms with Crippen molar-refractivity contribution in [1.29, 1.82) is 0 Å². The van der Waals surface area contributed by atoms with Crippen molar-refractivity contribution in [2.45, 2.75) is 12.2 Å². The van der Waals surface area contributed by atoms with Crippen molar-refractivity contribution in [3.8, 4) is 0 Å². The van der Waals surface area contributed by atoms with Gasteiger partial charge in [-0.3, -0.25) is 9.79 Å². The maximum Gasteiger partial charge on any atom is 0.539 e. The van der Waals surface area contributed by atoms with Crippen LogP contribution in [0.4, 0.5) is 0 Å². The number of hydrogen-bond acceptors (Lipinski definition) is 9. The van der Waals surface area contributed by atoms with Crippen molar-refractivity contribution in [3.63, 3.8) is 0 Å². The first-order chi connectivity index (χ1) is 7.54. The molecule has 98 valence electrons. The molecule has 0 radical (unpaired) electrons. The topological polar surface area (TPSA) is 177 Å². The average molecular weight is 292 g/mol. The van der Waals surface area contributed by atoms with Crippen LogP contribution in [0.1, 0.15) is 0 Å². The lowest BCUT2D eigenvalue weighted by molar-refractivity contribution is -0.162. The van der Waals surface area contributed by atoms with Crippen LogP contribution in [-0.2, 0) is 32.1 Å². The van der Waals surface area contributed by atoms with Crippen molar-refractivity contribution in [3.05, 3.63) is 0 Å². The molecule has 11 nitrogen and oxygen atoms in total. The molecule has 4 unspecified atom stereocenters. The summed E-state index contributed by atoms with van der Waals surface area (Å²) >= 11 is 0. The highest BCUT2D eigenvalue weighted by Crippen LogP contribution is 2.61. The molecule has 17 heavy (non-hydrogen) atoms. The number of phosphoric acid groups is 2. The van der Waals surface area contributed by atoms with E-state index in [1.54, 1.807) is 0 Å². The van der Waals surface area contributed by atoms with E-state index in [2.05, 4.69) is 13.4 Å². The van der Waals surface area contributed by atoms with Gasteiger partial charge in [-0.15, -0.1) is 0 Å². The molecule has 0 amide bonds. The van der Waals surface area contributed by atoms with Gasteiger partial charge in [0.15, 0.2) is 12.2 Å². The van der Waals surface area contributed by atoms with Crippen LogP contribution in [0.3, 0.4) is 0 Å². The first-order valence-electron chi connectivity index (χ1n) is 3.74. The van der Waals surface area contributed by atoms with E-state index < -0.39 is 39.8 Å². The Morgan fingerprint density at radius 1 is 0.882 bits per heavy atom. The highest BCUT2D eigenvalue weighted by atomic mass is 31.3. The molecular formula is C4H6O11P2. The third-order valence-electron chi connectivity index (χ3n) is 1.40. The summed E-state index contributed by atoms with van der Waals surface area (Å²) < 4.78 is 32.5. The maximum absolute atomic E-state index is 10.9. The summed E-state index contributed by atoms with van der Waals surface area (Å²) in [6.45, 7) is 0. The lowest BCUT2D eigenvalue weighted by atomic mass is 10.2. The minimum absolute atomic E-state index is 1.90. The van der Waals surface area contributed by atoms with E-state index in [9.17, 15) is 18.7 Å². The molecule has 1 fully saturated rings. The molecule has 1 rings (SSSR count). The minimum Gasteiger partial charge on any atom is -0.379 e. The largest absolute Gasteiger partial charge is 0.539 e. The van der Waals surface area contributed by atoms with Gasteiger partial charge in [-0.25, -0.2) is 18.7 Å². The molecule has 0 aromatic carbocycles. The number of carbonyl (C=O) groups is 2. The van der Waals surface area contributed by atoms with Crippen molar-refractivity contribution < 1.29 is 52.1 Å². The summed E-state index contributed by atoms with van der Waals surface area (Å²) in [5.41, 5.74) is 0. The van der Waals surface area contributed by atoms with E-state index in [1.165, 1.54) is 0 Å². The molecule has 1 saturated heterocycles. The van der Waals surface area contributed by atoms with Gasteiger partial charge >= 0.3 is 27.6 Å². The molecule has 4 N–H and O–H groups in total. The highest BCUT2D eigenvalue weighted by molar-refractivity contribution is 7.61. The van der Waals surface area contributed by atoms with Gasteiger partial charge in [0, 0.05) is 0 Å². The average Bonchev–Trinajstić information content (AvgIpc) is 2.11. The van der Waals surface area contributed by atoms with Gasteiger partial charge in [0.25, 0.3) is 0 Å². The Hall–Kier alpha value is -0.800. The van der Waals surface area contributed by atoms with Crippen molar-refractivity contribution in [2.75, 3.05) is 0 Å². The first kappa shape index (κ1) is 14.3. The molecule has 1 heterocycles. The van der Waals surface area contributed by atoms with Gasteiger partial charge < -0.3 is 19.3 Å². The summed E-state index contributed by atoms with van der Waals surface area (Å²) in [5, 5.41) is 17.9. The Kier molecular flexibility index (Phi) is 3.75. The highest BCUT2D eigenvalue weighted by Gasteiger charge is 2.47. The predicted molar refractivity (Wildman–Crippen MR) is 44.9 cm³/mol. The summed E-state index contributed by atoms with van der Waals surface area (Å²) in [6.07, 6.45) is -5.13. The molecule has 0 saturated carbocycles. The monoisotopic (exact) mass is 292 g/mol. The zero-order valence-corrected chi connectivity index (χ0v) is 9.48. The first-order valence-corrected chi connectivity index (χ1v) is 6.73. The van der Waals surface area contributed by atoms with Gasteiger partial charge in [-0.05, 0) is 0 Å². The van der Waals surface area contributed by atoms with Crippen molar-refractivity contribution in [1.82, 2.24) is 0 Å². The van der Waals surface area contributed by atoms with E-state index in [0.717, 1.165) is 0 Å². The SMILES string of the molecule is O=C1OP(=O)(O)OP(=O)(O)OC(=O)C(O)C1O. The second kappa shape index (κ2) is 4.46. The van der Waals surface area contributed by atoms with Gasteiger partial charge in [0.1, 0.15) is 0 Å². The van der Waals surface area contributed by atoms with Gasteiger partial charge in [0.2, 0.25) is 0 Å². The van der Waals surface area contributed by atoms with Crippen molar-refractivity contribution in [2.24, 2.45) is 0 Å². The standard InChI is InChI=1S/C4H6O11P2/c5-1-2(6)4(8)14-17(11,12)15-16(9,10)13-3(1)7/h1-2,5-6H,(H,9,10)(H,11,12). The van der Waals surface area contributed by atoms with E-state index in [-0.39, 0.29) is 0 Å². The number of aliphatic hydroxyl groups is 2. The minimum atomic E-state index is -5.36. The summed E-state index contributed by atoms with van der Waals surface area (Å²) in [7, 11) is -10.7. The number of aliphatic hydroxyl groups excluding tert-OH is 2. The molecule has 0 aromatic heterocycles. The third-order valence-corrected chi connectivity index (χ3v) is 3.87. The van der Waals surface area contributed by atoms with Gasteiger partial charge in [0.05, 0.1) is 0 Å². The zero-order chi connectivity index (χ0) is 13.4. The molecular weight excluding hydrogens is 286 g/mol. The van der Waals surface area contributed by atoms with E-state index in [4.69, 9.17) is 20.0 Å². The summed E-state index contributed by atoms with van der Waals surface area (Å²) in [4.78, 5) is 39.3. The predicted octanol–water partition coefficient (Wildman–Crippen LogP) is -1.97. The molecule has 1 aliphatic heterocycles. The second-order valence-electron chi connectivity index (χ2n) is 2.73. The lowest BCUT2D eigenvalue weighted by Crippen LogP contribution is -2.40. The molecule has 1 aliphatic rings. The maximum atomic E-state index is 10.9. The Morgan fingerprint density at radius 2 is 1.18 bits per heavy atom. The van der Waals surface area contributed by atoms with Crippen LogP contribution in [0.15, 0.2) is 0 Å². The van der Waals surface area contributed by atoms with Crippen LogP contribution in [0.25, 0.3) is 0 Å². The molecule has 13 heteroatoms. The van der Waals surface area contributed by atoms with Gasteiger partial charge in [-0.1, -0.05) is 0 Å². The lowest BCUT2D eigenvalue weighted by Gasteiger charge is -2.12. The Labute approximate surface area is 92.8 Å². The molecule has 0 spiro atoms. The fourth-order valence-electron chi connectivity index (χ4n) is 0.757. The molecule has 0 aromatic rings. The number of carbonyl (C=O) groups excluding carboxylic acids is 2. The van der Waals surface area contributed by atoms with E-state index in [0.29, 0.717) is 0 Å². The smallest absolute Gasteiger partial charge is 0.379 e. The molecule has 4 atom stereocenters. The Balaban J connectivity index is 3.14. The normalized spacial score (nSPS) is 44.0. The quantitative estimate of drug-likeness (QED) is 0.364. The fourth-order valence-corrected chi connectivity index (χ4v) is 2.74. The molecule has 0 aliphatic carbocycles. The second-order valence-corrected chi connectivity index (χ2v) is 5.62. The Morgan fingerprint density at radius 3 is 1.47 bits per heavy atom. The van der Waals surface area contributed by atoms with E-state index >= 15 is 0 Å². The van der Waals surface area contributed by atoms with Crippen LogP contribution in [0, 0.1) is 0 Å². The zero-order valence-electron chi connectivity index (χ0n) is 7.70. The fraction of sp³-hybridized carbons (Fsp3) is 0.500. The number of phosphoric ester groups is 2.